The van der Waals surface area contributed by atoms with Crippen molar-refractivity contribution in [1.82, 2.24) is 9.29 Å². The van der Waals surface area contributed by atoms with Crippen LogP contribution in [0.15, 0.2) is 65.7 Å². The lowest BCUT2D eigenvalue weighted by molar-refractivity contribution is -0.121. The lowest BCUT2D eigenvalue weighted by Gasteiger charge is -2.31. The number of benzene rings is 2. The molecule has 4 rings (SSSR count). The van der Waals surface area contributed by atoms with Crippen molar-refractivity contribution in [2.24, 2.45) is 5.92 Å². The number of sulfonamides is 1. The molecule has 0 bridgehead atoms. The van der Waals surface area contributed by atoms with E-state index in [0.29, 0.717) is 30.8 Å². The van der Waals surface area contributed by atoms with Gasteiger partial charge < -0.3 is 10.6 Å². The SMILES string of the molecule is CC(=O)Nc1ccc(S(=O)(=O)N2CCCC(C(=O)Nc3cnc4ccccc4c3)C2)cc1. The molecule has 0 radical (unpaired) electrons. The minimum absolute atomic E-state index is 0.114. The first-order chi connectivity index (χ1) is 15.3. The summed E-state index contributed by atoms with van der Waals surface area (Å²) in [5.41, 5.74) is 1.95. The molecule has 1 aromatic heterocycles. The third-order valence-corrected chi connectivity index (χ3v) is 7.30. The standard InChI is InChI=1S/C23H24N4O4S/c1-16(28)25-19-8-10-21(11-9-19)32(30,31)27-12-4-6-18(15-27)23(29)26-20-13-17-5-2-3-7-22(17)24-14-20/h2-3,5,7-11,13-14,18H,4,6,12,15H2,1H3,(H,25,28)(H,26,29). The second kappa shape index (κ2) is 9.05. The van der Waals surface area contributed by atoms with E-state index in [4.69, 9.17) is 0 Å². The van der Waals surface area contributed by atoms with E-state index in [9.17, 15) is 18.0 Å². The van der Waals surface area contributed by atoms with Gasteiger partial charge in [0.25, 0.3) is 0 Å². The highest BCUT2D eigenvalue weighted by molar-refractivity contribution is 7.89. The number of hydrogen-bond acceptors (Lipinski definition) is 5. The zero-order valence-electron chi connectivity index (χ0n) is 17.6. The molecule has 3 aromatic rings. The summed E-state index contributed by atoms with van der Waals surface area (Å²) < 4.78 is 27.5. The first-order valence-electron chi connectivity index (χ1n) is 10.4. The molecule has 8 nitrogen and oxygen atoms in total. The third kappa shape index (κ3) is 4.79. The van der Waals surface area contributed by atoms with Crippen LogP contribution in [0.25, 0.3) is 10.9 Å². The Labute approximate surface area is 186 Å². The Hall–Kier alpha value is -3.30. The van der Waals surface area contributed by atoms with E-state index in [1.54, 1.807) is 18.3 Å². The normalized spacial score (nSPS) is 17.1. The third-order valence-electron chi connectivity index (χ3n) is 5.43. The molecule has 1 unspecified atom stereocenters. The summed E-state index contributed by atoms with van der Waals surface area (Å²) in [7, 11) is -3.75. The molecular formula is C23H24N4O4S. The number of anilines is 2. The fourth-order valence-electron chi connectivity index (χ4n) is 3.82. The van der Waals surface area contributed by atoms with Gasteiger partial charge in [-0.3, -0.25) is 14.6 Å². The Kier molecular flexibility index (Phi) is 6.20. The molecule has 2 aromatic carbocycles. The summed E-state index contributed by atoms with van der Waals surface area (Å²) in [6.07, 6.45) is 2.81. The fraction of sp³-hybridized carbons (Fsp3) is 0.261. The number of nitrogens with zero attached hydrogens (tertiary/aromatic N) is 2. The van der Waals surface area contributed by atoms with Crippen LogP contribution in [0.4, 0.5) is 11.4 Å². The number of carbonyl (C=O) groups is 2. The predicted molar refractivity (Wildman–Crippen MR) is 123 cm³/mol. The second-order valence-electron chi connectivity index (χ2n) is 7.81. The van der Waals surface area contributed by atoms with Crippen LogP contribution in [-0.4, -0.2) is 42.6 Å². The van der Waals surface area contributed by atoms with Crippen molar-refractivity contribution in [2.75, 3.05) is 23.7 Å². The zero-order chi connectivity index (χ0) is 22.7. The maximum absolute atomic E-state index is 13.1. The van der Waals surface area contributed by atoms with Crippen LogP contribution in [0, 0.1) is 5.92 Å². The lowest BCUT2D eigenvalue weighted by Crippen LogP contribution is -2.43. The van der Waals surface area contributed by atoms with E-state index in [1.165, 1.54) is 23.4 Å². The maximum atomic E-state index is 13.1. The summed E-state index contributed by atoms with van der Waals surface area (Å²) in [5, 5.41) is 6.41. The number of amides is 2. The van der Waals surface area contributed by atoms with Crippen molar-refractivity contribution in [3.63, 3.8) is 0 Å². The largest absolute Gasteiger partial charge is 0.326 e. The smallest absolute Gasteiger partial charge is 0.243 e. The molecule has 32 heavy (non-hydrogen) atoms. The molecule has 0 spiro atoms. The molecule has 2 heterocycles. The van der Waals surface area contributed by atoms with Gasteiger partial charge in [-0.1, -0.05) is 18.2 Å². The molecule has 9 heteroatoms. The molecule has 1 aliphatic heterocycles. The summed E-state index contributed by atoms with van der Waals surface area (Å²) >= 11 is 0. The van der Waals surface area contributed by atoms with Crippen LogP contribution in [0.1, 0.15) is 19.8 Å². The molecule has 0 saturated carbocycles. The Morgan fingerprint density at radius 2 is 1.78 bits per heavy atom. The number of hydrogen-bond donors (Lipinski definition) is 2. The summed E-state index contributed by atoms with van der Waals surface area (Å²) in [5.74, 6) is -0.904. The number of para-hydroxylation sites is 1. The minimum Gasteiger partial charge on any atom is -0.326 e. The highest BCUT2D eigenvalue weighted by atomic mass is 32.2. The van der Waals surface area contributed by atoms with E-state index in [-0.39, 0.29) is 23.3 Å². The molecule has 1 atom stereocenters. The Morgan fingerprint density at radius 3 is 2.53 bits per heavy atom. The van der Waals surface area contributed by atoms with Crippen molar-refractivity contribution in [2.45, 2.75) is 24.7 Å². The number of nitrogens with one attached hydrogen (secondary N) is 2. The average Bonchev–Trinajstić information content (AvgIpc) is 2.79. The highest BCUT2D eigenvalue weighted by Gasteiger charge is 2.33. The number of pyridine rings is 1. The van der Waals surface area contributed by atoms with Crippen LogP contribution < -0.4 is 10.6 Å². The van der Waals surface area contributed by atoms with Gasteiger partial charge in [0.1, 0.15) is 0 Å². The van der Waals surface area contributed by atoms with E-state index in [2.05, 4.69) is 15.6 Å². The Balaban J connectivity index is 1.45. The molecule has 166 valence electrons. The number of carbonyl (C=O) groups excluding carboxylic acids is 2. The van der Waals surface area contributed by atoms with Gasteiger partial charge in [0.05, 0.1) is 28.2 Å². The van der Waals surface area contributed by atoms with Crippen LogP contribution in [-0.2, 0) is 19.6 Å². The van der Waals surface area contributed by atoms with Crippen molar-refractivity contribution in [3.05, 3.63) is 60.8 Å². The van der Waals surface area contributed by atoms with Gasteiger partial charge in [0.15, 0.2) is 0 Å². The molecule has 1 fully saturated rings. The molecule has 2 amide bonds. The Bertz CT molecular complexity index is 1260. The van der Waals surface area contributed by atoms with Gasteiger partial charge in [-0.15, -0.1) is 0 Å². The van der Waals surface area contributed by atoms with Crippen molar-refractivity contribution < 1.29 is 18.0 Å². The number of rotatable bonds is 5. The molecular weight excluding hydrogens is 428 g/mol. The highest BCUT2D eigenvalue weighted by Crippen LogP contribution is 2.26. The van der Waals surface area contributed by atoms with E-state index >= 15 is 0 Å². The topological polar surface area (TPSA) is 108 Å². The van der Waals surface area contributed by atoms with Crippen molar-refractivity contribution in [1.29, 1.82) is 0 Å². The fourth-order valence-corrected chi connectivity index (χ4v) is 5.34. The lowest BCUT2D eigenvalue weighted by atomic mass is 9.99. The maximum Gasteiger partial charge on any atom is 0.243 e. The second-order valence-corrected chi connectivity index (χ2v) is 9.75. The van der Waals surface area contributed by atoms with Crippen LogP contribution in [0.3, 0.4) is 0 Å². The van der Waals surface area contributed by atoms with E-state index < -0.39 is 15.9 Å². The van der Waals surface area contributed by atoms with Gasteiger partial charge in [0.2, 0.25) is 21.8 Å². The van der Waals surface area contributed by atoms with Gasteiger partial charge in [-0.25, -0.2) is 8.42 Å². The Morgan fingerprint density at radius 1 is 1.03 bits per heavy atom. The molecule has 0 aliphatic carbocycles. The van der Waals surface area contributed by atoms with Crippen LogP contribution in [0.5, 0.6) is 0 Å². The number of piperidine rings is 1. The zero-order valence-corrected chi connectivity index (χ0v) is 18.4. The summed E-state index contributed by atoms with van der Waals surface area (Å²) in [6, 6.07) is 15.5. The monoisotopic (exact) mass is 452 g/mol. The van der Waals surface area contributed by atoms with Crippen molar-refractivity contribution in [3.8, 4) is 0 Å². The van der Waals surface area contributed by atoms with Crippen LogP contribution >= 0.6 is 0 Å². The van der Waals surface area contributed by atoms with E-state index in [0.717, 1.165) is 10.9 Å². The quantitative estimate of drug-likeness (QED) is 0.618. The van der Waals surface area contributed by atoms with E-state index in [1.807, 2.05) is 30.3 Å². The van der Waals surface area contributed by atoms with Crippen molar-refractivity contribution >= 4 is 44.1 Å². The summed E-state index contributed by atoms with van der Waals surface area (Å²) in [4.78, 5) is 28.5. The first kappa shape index (κ1) is 21.9. The van der Waals surface area contributed by atoms with Crippen LogP contribution in [0.2, 0.25) is 0 Å². The molecule has 1 saturated heterocycles. The first-order valence-corrected chi connectivity index (χ1v) is 11.8. The van der Waals surface area contributed by atoms with Gasteiger partial charge >= 0.3 is 0 Å². The predicted octanol–water partition coefficient (Wildman–Crippen LogP) is 3.23. The summed E-state index contributed by atoms with van der Waals surface area (Å²) in [6.45, 7) is 1.86. The number of aromatic nitrogens is 1. The van der Waals surface area contributed by atoms with Gasteiger partial charge in [-0.2, -0.15) is 4.31 Å². The number of fused-ring (bicyclic) bond motifs is 1. The molecule has 2 N–H and O–H groups in total. The van der Waals surface area contributed by atoms with Gasteiger partial charge in [0, 0.05) is 31.1 Å². The minimum atomic E-state index is -3.75. The molecule has 1 aliphatic rings. The average molecular weight is 453 g/mol. The van der Waals surface area contributed by atoms with Gasteiger partial charge in [-0.05, 0) is 49.2 Å².